The van der Waals surface area contributed by atoms with E-state index in [4.69, 9.17) is 28.2 Å². The third-order valence-electron chi connectivity index (χ3n) is 5.11. The van der Waals surface area contributed by atoms with Gasteiger partial charge in [0.15, 0.2) is 4.80 Å². The van der Waals surface area contributed by atoms with Gasteiger partial charge in [-0.1, -0.05) is 63.4 Å². The highest BCUT2D eigenvalue weighted by Gasteiger charge is 2.43. The van der Waals surface area contributed by atoms with Crippen molar-refractivity contribution >= 4 is 34.5 Å². The van der Waals surface area contributed by atoms with Crippen LogP contribution in [0.3, 0.4) is 0 Å². The molecule has 1 fully saturated rings. The highest BCUT2D eigenvalue weighted by Crippen LogP contribution is 2.50. The van der Waals surface area contributed by atoms with Crippen LogP contribution in [0.2, 0.25) is 10.0 Å². The van der Waals surface area contributed by atoms with Gasteiger partial charge < -0.3 is 4.57 Å². The van der Waals surface area contributed by atoms with Crippen molar-refractivity contribution in [1.29, 1.82) is 0 Å². The molecule has 142 valence electrons. The maximum absolute atomic E-state index is 6.35. The fourth-order valence-corrected chi connectivity index (χ4v) is 4.97. The summed E-state index contributed by atoms with van der Waals surface area (Å²) in [4.78, 5) is 6.06. The number of rotatable bonds is 6. The summed E-state index contributed by atoms with van der Waals surface area (Å²) in [7, 11) is 0. The average Bonchev–Trinajstić information content (AvgIpc) is 2.90. The van der Waals surface area contributed by atoms with E-state index in [1.54, 1.807) is 11.3 Å². The summed E-state index contributed by atoms with van der Waals surface area (Å²) in [5.74, 6) is 1.15. The Morgan fingerprint density at radius 1 is 1.12 bits per heavy atom. The SMILES string of the molecule is CC(C)C/N=c1\scc(C2(c3ccc(Cl)c(Cl)c3)CCC2)n1CC(C)C. The van der Waals surface area contributed by atoms with Gasteiger partial charge in [0.25, 0.3) is 0 Å². The van der Waals surface area contributed by atoms with Crippen LogP contribution >= 0.6 is 34.5 Å². The first kappa shape index (κ1) is 20.0. The van der Waals surface area contributed by atoms with E-state index in [-0.39, 0.29) is 5.41 Å². The van der Waals surface area contributed by atoms with E-state index in [1.807, 2.05) is 6.07 Å². The lowest BCUT2D eigenvalue weighted by molar-refractivity contribution is 0.278. The molecule has 2 aromatic rings. The van der Waals surface area contributed by atoms with Gasteiger partial charge in [-0.05, 0) is 42.4 Å². The molecule has 0 radical (unpaired) electrons. The molecule has 1 aliphatic carbocycles. The van der Waals surface area contributed by atoms with E-state index in [0.717, 1.165) is 30.7 Å². The Bertz CT molecular complexity index is 829. The zero-order valence-corrected chi connectivity index (χ0v) is 18.4. The van der Waals surface area contributed by atoms with Crippen LogP contribution in [-0.2, 0) is 12.0 Å². The molecule has 1 aliphatic rings. The Morgan fingerprint density at radius 2 is 1.85 bits per heavy atom. The van der Waals surface area contributed by atoms with Crippen molar-refractivity contribution < 1.29 is 0 Å². The Balaban J connectivity index is 2.11. The molecule has 26 heavy (non-hydrogen) atoms. The van der Waals surface area contributed by atoms with Gasteiger partial charge in [0.05, 0.1) is 10.0 Å². The first-order valence-electron chi connectivity index (χ1n) is 9.48. The number of aromatic nitrogens is 1. The molecule has 0 unspecified atom stereocenters. The molecule has 0 aliphatic heterocycles. The van der Waals surface area contributed by atoms with Crippen LogP contribution in [0.1, 0.15) is 58.2 Å². The van der Waals surface area contributed by atoms with Gasteiger partial charge in [0.2, 0.25) is 0 Å². The standard InChI is InChI=1S/C21H28Cl2N2S/c1-14(2)11-24-20-25(12-15(3)4)19(13-26-20)21(8-5-9-21)16-6-7-17(22)18(23)10-16/h6-7,10,13-15H,5,8-9,11-12H2,1-4H3/b24-20-. The summed E-state index contributed by atoms with van der Waals surface area (Å²) < 4.78 is 2.46. The normalized spacial score (nSPS) is 17.2. The van der Waals surface area contributed by atoms with Gasteiger partial charge in [-0.25, -0.2) is 0 Å². The van der Waals surface area contributed by atoms with E-state index in [1.165, 1.54) is 17.7 Å². The van der Waals surface area contributed by atoms with E-state index >= 15 is 0 Å². The van der Waals surface area contributed by atoms with Crippen LogP contribution in [-0.4, -0.2) is 11.1 Å². The monoisotopic (exact) mass is 410 g/mol. The van der Waals surface area contributed by atoms with Crippen LogP contribution < -0.4 is 4.80 Å². The summed E-state index contributed by atoms with van der Waals surface area (Å²) in [5.41, 5.74) is 2.72. The first-order valence-corrected chi connectivity index (χ1v) is 11.1. The summed E-state index contributed by atoms with van der Waals surface area (Å²) >= 11 is 14.3. The molecule has 1 heterocycles. The van der Waals surface area contributed by atoms with Crippen molar-refractivity contribution in [3.8, 4) is 0 Å². The molecular weight excluding hydrogens is 383 g/mol. The van der Waals surface area contributed by atoms with E-state index in [2.05, 4.69) is 49.8 Å². The Labute approximate surface area is 170 Å². The lowest BCUT2D eigenvalue weighted by Crippen LogP contribution is -2.39. The largest absolute Gasteiger partial charge is 0.320 e. The maximum Gasteiger partial charge on any atom is 0.184 e. The molecule has 0 spiro atoms. The average molecular weight is 411 g/mol. The van der Waals surface area contributed by atoms with E-state index < -0.39 is 0 Å². The van der Waals surface area contributed by atoms with Crippen LogP contribution in [0.4, 0.5) is 0 Å². The fraction of sp³-hybridized carbons (Fsp3) is 0.571. The van der Waals surface area contributed by atoms with Gasteiger partial charge in [-0.15, -0.1) is 11.3 Å². The second-order valence-corrected chi connectivity index (χ2v) is 9.86. The Hall–Kier alpha value is -0.770. The molecule has 0 bridgehead atoms. The number of thiazole rings is 1. The summed E-state index contributed by atoms with van der Waals surface area (Å²) in [6, 6.07) is 6.14. The lowest BCUT2D eigenvalue weighted by Gasteiger charge is -2.43. The van der Waals surface area contributed by atoms with Gasteiger partial charge in [0.1, 0.15) is 0 Å². The number of hydrogen-bond acceptors (Lipinski definition) is 2. The minimum absolute atomic E-state index is 0.0468. The second-order valence-electron chi connectivity index (χ2n) is 8.21. The van der Waals surface area contributed by atoms with Gasteiger partial charge in [-0.3, -0.25) is 4.99 Å². The minimum atomic E-state index is 0.0468. The molecule has 0 saturated heterocycles. The molecule has 1 saturated carbocycles. The lowest BCUT2D eigenvalue weighted by atomic mass is 9.62. The number of nitrogens with zero attached hydrogens (tertiary/aromatic N) is 2. The van der Waals surface area contributed by atoms with Crippen molar-refractivity contribution in [3.05, 3.63) is 49.7 Å². The van der Waals surface area contributed by atoms with Crippen LogP contribution in [0.5, 0.6) is 0 Å². The van der Waals surface area contributed by atoms with Crippen molar-refractivity contribution in [2.45, 2.75) is 58.9 Å². The molecule has 1 aromatic carbocycles. The van der Waals surface area contributed by atoms with Crippen molar-refractivity contribution in [3.63, 3.8) is 0 Å². The predicted octanol–water partition coefficient (Wildman–Crippen LogP) is 6.54. The molecule has 1 aromatic heterocycles. The maximum atomic E-state index is 6.35. The van der Waals surface area contributed by atoms with Crippen molar-refractivity contribution in [2.24, 2.45) is 16.8 Å². The highest BCUT2D eigenvalue weighted by atomic mass is 35.5. The highest BCUT2D eigenvalue weighted by molar-refractivity contribution is 7.07. The van der Waals surface area contributed by atoms with Crippen LogP contribution in [0.15, 0.2) is 28.6 Å². The summed E-state index contributed by atoms with van der Waals surface area (Å²) in [6.07, 6.45) is 3.56. The molecule has 5 heteroatoms. The molecule has 3 rings (SSSR count). The van der Waals surface area contributed by atoms with Crippen molar-refractivity contribution in [1.82, 2.24) is 4.57 Å². The topological polar surface area (TPSA) is 17.3 Å². The quantitative estimate of drug-likeness (QED) is 0.514. The third-order valence-corrected chi connectivity index (χ3v) is 6.75. The van der Waals surface area contributed by atoms with Crippen LogP contribution in [0.25, 0.3) is 0 Å². The zero-order chi connectivity index (χ0) is 18.9. The van der Waals surface area contributed by atoms with Gasteiger partial charge in [-0.2, -0.15) is 0 Å². The molecule has 0 atom stereocenters. The number of benzene rings is 1. The molecular formula is C21H28Cl2N2S. The third kappa shape index (κ3) is 3.90. The molecule has 0 amide bonds. The van der Waals surface area contributed by atoms with Crippen molar-refractivity contribution in [2.75, 3.05) is 6.54 Å². The minimum Gasteiger partial charge on any atom is -0.320 e. The summed E-state index contributed by atoms with van der Waals surface area (Å²) in [5, 5.41) is 3.59. The van der Waals surface area contributed by atoms with Crippen LogP contribution in [0, 0.1) is 11.8 Å². The number of halogens is 2. The molecule has 2 nitrogen and oxygen atoms in total. The zero-order valence-electron chi connectivity index (χ0n) is 16.1. The summed E-state index contributed by atoms with van der Waals surface area (Å²) in [6.45, 7) is 10.8. The van der Waals surface area contributed by atoms with E-state index in [9.17, 15) is 0 Å². The molecule has 0 N–H and O–H groups in total. The Morgan fingerprint density at radius 3 is 2.38 bits per heavy atom. The van der Waals surface area contributed by atoms with E-state index in [0.29, 0.717) is 21.9 Å². The second kappa shape index (κ2) is 8.08. The van der Waals surface area contributed by atoms with Gasteiger partial charge >= 0.3 is 0 Å². The first-order chi connectivity index (χ1) is 12.3. The fourth-order valence-electron chi connectivity index (χ4n) is 3.65. The smallest absolute Gasteiger partial charge is 0.184 e. The van der Waals surface area contributed by atoms with Gasteiger partial charge in [0, 0.05) is 29.6 Å². The predicted molar refractivity (Wildman–Crippen MR) is 114 cm³/mol. The Kier molecular flexibility index (Phi) is 6.21. The number of hydrogen-bond donors (Lipinski definition) is 0.